The van der Waals surface area contributed by atoms with E-state index in [4.69, 9.17) is 5.41 Å². The van der Waals surface area contributed by atoms with Crippen LogP contribution in [-0.2, 0) is 0 Å². The average Bonchev–Trinajstić information content (AvgIpc) is 3.09. The van der Waals surface area contributed by atoms with Crippen LogP contribution in [0.1, 0.15) is 49.3 Å². The van der Waals surface area contributed by atoms with E-state index in [1.807, 2.05) is 6.92 Å². The second kappa shape index (κ2) is 7.62. The maximum Gasteiger partial charge on any atom is 0.255 e. The number of amides is 1. The second-order valence-electron chi connectivity index (χ2n) is 8.03. The van der Waals surface area contributed by atoms with E-state index in [1.165, 1.54) is 24.4 Å². The molecule has 1 amide bonds. The Labute approximate surface area is 168 Å². The van der Waals surface area contributed by atoms with Gasteiger partial charge in [-0.05, 0) is 30.5 Å². The van der Waals surface area contributed by atoms with Gasteiger partial charge in [-0.3, -0.25) is 10.2 Å². The van der Waals surface area contributed by atoms with Crippen LogP contribution < -0.4 is 10.6 Å². The van der Waals surface area contributed by atoms with E-state index < -0.39 is 5.82 Å². The third-order valence-electron chi connectivity index (χ3n) is 5.05. The van der Waals surface area contributed by atoms with E-state index in [0.717, 1.165) is 0 Å². The molecule has 1 atom stereocenters. The van der Waals surface area contributed by atoms with Gasteiger partial charge in [0.2, 0.25) is 0 Å². The summed E-state index contributed by atoms with van der Waals surface area (Å²) in [5, 5.41) is 14.4. The van der Waals surface area contributed by atoms with Crippen molar-refractivity contribution in [3.05, 3.63) is 53.2 Å². The van der Waals surface area contributed by atoms with Gasteiger partial charge in [0, 0.05) is 30.5 Å². The van der Waals surface area contributed by atoms with Gasteiger partial charge in [-0.25, -0.2) is 14.4 Å². The minimum absolute atomic E-state index is 0.0493. The highest BCUT2D eigenvalue weighted by Crippen LogP contribution is 2.23. The third kappa shape index (κ3) is 4.11. The highest BCUT2D eigenvalue weighted by Gasteiger charge is 2.24. The number of rotatable bonds is 5. The van der Waals surface area contributed by atoms with Gasteiger partial charge in [-0.1, -0.05) is 20.8 Å². The van der Waals surface area contributed by atoms with Gasteiger partial charge < -0.3 is 15.6 Å². The lowest BCUT2D eigenvalue weighted by Gasteiger charge is -2.27. The summed E-state index contributed by atoms with van der Waals surface area (Å²) < 4.78 is 13.5. The molecule has 3 aromatic rings. The molecule has 2 heterocycles. The zero-order chi connectivity index (χ0) is 21.3. The Bertz CT molecular complexity index is 1080. The minimum atomic E-state index is -0.398. The molecule has 8 heteroatoms. The number of hydrogen-bond donors (Lipinski definition) is 4. The summed E-state index contributed by atoms with van der Waals surface area (Å²) in [6.45, 7) is 8.10. The van der Waals surface area contributed by atoms with E-state index in [1.54, 1.807) is 13.2 Å². The maximum atomic E-state index is 13.5. The van der Waals surface area contributed by atoms with Gasteiger partial charge in [0.1, 0.15) is 17.0 Å². The van der Waals surface area contributed by atoms with E-state index in [-0.39, 0.29) is 28.8 Å². The van der Waals surface area contributed by atoms with Crippen LogP contribution in [0.25, 0.3) is 11.2 Å². The molecule has 2 aromatic heterocycles. The number of carbonyl (C=O) groups is 1. The number of hydrogen-bond acceptors (Lipinski definition) is 5. The number of nitrogens with zero attached hydrogens (tertiary/aromatic N) is 2. The van der Waals surface area contributed by atoms with Crippen molar-refractivity contribution in [3.63, 3.8) is 0 Å². The Hall–Kier alpha value is -3.29. The monoisotopic (exact) mass is 396 g/mol. The van der Waals surface area contributed by atoms with Gasteiger partial charge in [-0.2, -0.15) is 0 Å². The number of aromatic amines is 1. The topological polar surface area (TPSA) is 107 Å². The largest absolute Gasteiger partial charge is 0.387 e. The average molecular weight is 396 g/mol. The normalized spacial score (nSPS) is 12.6. The Morgan fingerprint density at radius 3 is 2.66 bits per heavy atom. The molecule has 0 bridgehead atoms. The molecular formula is C21H25FN6O. The molecule has 1 aromatic carbocycles. The lowest BCUT2D eigenvalue weighted by atomic mass is 9.88. The van der Waals surface area contributed by atoms with Crippen molar-refractivity contribution in [2.75, 3.05) is 12.4 Å². The van der Waals surface area contributed by atoms with Crippen molar-refractivity contribution in [1.82, 2.24) is 20.3 Å². The molecule has 152 valence electrons. The molecule has 29 heavy (non-hydrogen) atoms. The van der Waals surface area contributed by atoms with Gasteiger partial charge in [0.15, 0.2) is 5.65 Å². The first kappa shape index (κ1) is 20.4. The molecule has 4 N–H and O–H groups in total. The van der Waals surface area contributed by atoms with Crippen molar-refractivity contribution in [1.29, 1.82) is 5.41 Å². The van der Waals surface area contributed by atoms with E-state index in [9.17, 15) is 9.18 Å². The fourth-order valence-corrected chi connectivity index (χ4v) is 2.76. The SMILES string of the molecule is CNc1cc(F)ccc1C(=N)c1cnc2[nH]cc(C(=O)NC(C)C(C)(C)C)c2n1. The predicted octanol–water partition coefficient (Wildman–Crippen LogP) is 3.72. The molecular weight excluding hydrogens is 371 g/mol. The minimum Gasteiger partial charge on any atom is -0.387 e. The smallest absolute Gasteiger partial charge is 0.255 e. The van der Waals surface area contributed by atoms with Crippen LogP contribution in [0.4, 0.5) is 10.1 Å². The first-order valence-corrected chi connectivity index (χ1v) is 9.33. The molecule has 0 aliphatic carbocycles. The molecule has 0 aliphatic heterocycles. The van der Waals surface area contributed by atoms with Crippen LogP contribution in [-0.4, -0.2) is 39.7 Å². The number of benzene rings is 1. The molecule has 1 unspecified atom stereocenters. The maximum absolute atomic E-state index is 13.5. The van der Waals surface area contributed by atoms with Crippen molar-refractivity contribution < 1.29 is 9.18 Å². The summed E-state index contributed by atoms with van der Waals surface area (Å²) in [6, 6.07) is 4.08. The standard InChI is InChI=1S/C21H25FN6O/c1-11(21(2,3)4)27-20(29)14-9-25-19-18(14)28-16(10-26-19)17(23)13-7-6-12(22)8-15(13)24-5/h6-11,23-24H,1-5H3,(H,25,26)(H,27,29). The van der Waals surface area contributed by atoms with Crippen LogP contribution in [0.15, 0.2) is 30.6 Å². The molecule has 0 saturated heterocycles. The molecule has 0 fully saturated rings. The van der Waals surface area contributed by atoms with Crippen molar-refractivity contribution in [3.8, 4) is 0 Å². The lowest BCUT2D eigenvalue weighted by molar-refractivity contribution is 0.0911. The van der Waals surface area contributed by atoms with Crippen LogP contribution in [0.5, 0.6) is 0 Å². The van der Waals surface area contributed by atoms with Crippen LogP contribution in [0.3, 0.4) is 0 Å². The molecule has 0 radical (unpaired) electrons. The third-order valence-corrected chi connectivity index (χ3v) is 5.05. The molecule has 0 saturated carbocycles. The van der Waals surface area contributed by atoms with Gasteiger partial charge >= 0.3 is 0 Å². The quantitative estimate of drug-likeness (QED) is 0.493. The number of anilines is 1. The molecule has 0 aliphatic rings. The summed E-state index contributed by atoms with van der Waals surface area (Å²) in [7, 11) is 1.66. The highest BCUT2D eigenvalue weighted by atomic mass is 19.1. The Morgan fingerprint density at radius 2 is 2.00 bits per heavy atom. The number of aromatic nitrogens is 3. The first-order valence-electron chi connectivity index (χ1n) is 9.33. The first-order chi connectivity index (χ1) is 13.6. The van der Waals surface area contributed by atoms with E-state index in [2.05, 4.69) is 46.4 Å². The number of nitrogens with one attached hydrogen (secondary N) is 4. The van der Waals surface area contributed by atoms with Crippen LogP contribution >= 0.6 is 0 Å². The summed E-state index contributed by atoms with van der Waals surface area (Å²) in [5.41, 5.74) is 2.46. The summed E-state index contributed by atoms with van der Waals surface area (Å²) >= 11 is 0. The van der Waals surface area contributed by atoms with Crippen molar-refractivity contribution >= 4 is 28.5 Å². The number of carbonyl (C=O) groups excluding carboxylic acids is 1. The summed E-state index contributed by atoms with van der Waals surface area (Å²) in [6.07, 6.45) is 3.03. The highest BCUT2D eigenvalue weighted by molar-refractivity contribution is 6.14. The lowest BCUT2D eigenvalue weighted by Crippen LogP contribution is -2.41. The van der Waals surface area contributed by atoms with Gasteiger partial charge in [-0.15, -0.1) is 0 Å². The fraction of sp³-hybridized carbons (Fsp3) is 0.333. The molecule has 7 nitrogen and oxygen atoms in total. The Balaban J connectivity index is 1.97. The van der Waals surface area contributed by atoms with Gasteiger partial charge in [0.25, 0.3) is 5.91 Å². The zero-order valence-corrected chi connectivity index (χ0v) is 17.1. The second-order valence-corrected chi connectivity index (χ2v) is 8.03. The van der Waals surface area contributed by atoms with Crippen LogP contribution in [0.2, 0.25) is 0 Å². The summed E-state index contributed by atoms with van der Waals surface area (Å²) in [5.74, 6) is -0.653. The number of halogens is 1. The van der Waals surface area contributed by atoms with Crippen molar-refractivity contribution in [2.45, 2.75) is 33.7 Å². The van der Waals surface area contributed by atoms with Gasteiger partial charge in [0.05, 0.1) is 17.5 Å². The summed E-state index contributed by atoms with van der Waals surface area (Å²) in [4.78, 5) is 24.5. The fourth-order valence-electron chi connectivity index (χ4n) is 2.76. The molecule has 3 rings (SSSR count). The van der Waals surface area contributed by atoms with Crippen molar-refractivity contribution in [2.24, 2.45) is 5.41 Å². The van der Waals surface area contributed by atoms with E-state index >= 15 is 0 Å². The Morgan fingerprint density at radius 1 is 1.28 bits per heavy atom. The number of H-pyrrole nitrogens is 1. The number of fused-ring (bicyclic) bond motifs is 1. The Kier molecular flexibility index (Phi) is 5.37. The predicted molar refractivity (Wildman–Crippen MR) is 112 cm³/mol. The zero-order valence-electron chi connectivity index (χ0n) is 17.1. The van der Waals surface area contributed by atoms with E-state index in [0.29, 0.717) is 28.0 Å². The van der Waals surface area contributed by atoms with Crippen LogP contribution in [0, 0.1) is 16.6 Å². The molecule has 0 spiro atoms.